The van der Waals surface area contributed by atoms with Crippen LogP contribution in [0.15, 0.2) is 29.3 Å². The quantitative estimate of drug-likeness (QED) is 0.571. The van der Waals surface area contributed by atoms with Gasteiger partial charge < -0.3 is 20.4 Å². The first kappa shape index (κ1) is 19.7. The number of nitrogens with zero attached hydrogens (tertiary/aromatic N) is 3. The molecule has 1 aromatic carbocycles. The van der Waals surface area contributed by atoms with Gasteiger partial charge in [0, 0.05) is 38.3 Å². The molecule has 148 valence electrons. The number of likely N-dealkylation sites (tertiary alicyclic amines) is 1. The topological polar surface area (TPSA) is 60.0 Å². The minimum atomic E-state index is 0.230. The fourth-order valence-corrected chi connectivity index (χ4v) is 3.73. The van der Waals surface area contributed by atoms with Crippen LogP contribution in [-0.2, 0) is 11.3 Å². The third-order valence-corrected chi connectivity index (χ3v) is 5.25. The number of carbonyl (C=O) groups is 1. The minimum absolute atomic E-state index is 0.230. The molecule has 0 spiro atoms. The van der Waals surface area contributed by atoms with Crippen LogP contribution in [0.2, 0.25) is 0 Å². The van der Waals surface area contributed by atoms with E-state index < -0.39 is 0 Å². The van der Waals surface area contributed by atoms with Gasteiger partial charge in [-0.05, 0) is 57.0 Å². The lowest BCUT2D eigenvalue weighted by Gasteiger charge is -2.26. The summed E-state index contributed by atoms with van der Waals surface area (Å²) in [6.45, 7) is 8.84. The molecular formula is C21H33N5O. The summed E-state index contributed by atoms with van der Waals surface area (Å²) >= 11 is 0. The average Bonchev–Trinajstić information content (AvgIpc) is 3.13. The number of hydrogen-bond donors (Lipinski definition) is 2. The summed E-state index contributed by atoms with van der Waals surface area (Å²) in [5.41, 5.74) is 2.15. The van der Waals surface area contributed by atoms with E-state index in [-0.39, 0.29) is 5.91 Å². The highest BCUT2D eigenvalue weighted by molar-refractivity contribution is 5.95. The molecule has 0 saturated carbocycles. The Kier molecular flexibility index (Phi) is 7.51. The van der Waals surface area contributed by atoms with Crippen LogP contribution in [0.25, 0.3) is 0 Å². The van der Waals surface area contributed by atoms with Crippen LogP contribution < -0.4 is 15.5 Å². The average molecular weight is 372 g/mol. The molecule has 1 amide bonds. The van der Waals surface area contributed by atoms with Gasteiger partial charge in [-0.1, -0.05) is 18.6 Å². The summed E-state index contributed by atoms with van der Waals surface area (Å²) < 4.78 is 0. The van der Waals surface area contributed by atoms with Gasteiger partial charge in [-0.2, -0.15) is 0 Å². The summed E-state index contributed by atoms with van der Waals surface area (Å²) in [6, 6.07) is 8.21. The predicted molar refractivity (Wildman–Crippen MR) is 111 cm³/mol. The van der Waals surface area contributed by atoms with Gasteiger partial charge in [0.25, 0.3) is 0 Å². The number of rotatable bonds is 7. The number of hydrogen-bond acceptors (Lipinski definition) is 3. The molecule has 27 heavy (non-hydrogen) atoms. The summed E-state index contributed by atoms with van der Waals surface area (Å²) in [5.74, 6) is 1.10. The van der Waals surface area contributed by atoms with Crippen LogP contribution >= 0.6 is 0 Å². The molecule has 3 rings (SSSR count). The molecule has 2 fully saturated rings. The normalized spacial score (nSPS) is 18.8. The van der Waals surface area contributed by atoms with E-state index in [1.54, 1.807) is 0 Å². The monoisotopic (exact) mass is 371 g/mol. The second-order valence-corrected chi connectivity index (χ2v) is 7.34. The van der Waals surface area contributed by atoms with Gasteiger partial charge in [-0.25, -0.2) is 4.99 Å². The third kappa shape index (κ3) is 5.96. The first-order chi connectivity index (χ1) is 13.3. The molecule has 0 unspecified atom stereocenters. The minimum Gasteiger partial charge on any atom is -0.357 e. The maximum atomic E-state index is 11.8. The Bertz CT molecular complexity index is 622. The fourth-order valence-electron chi connectivity index (χ4n) is 3.73. The molecule has 2 N–H and O–H groups in total. The van der Waals surface area contributed by atoms with Crippen molar-refractivity contribution in [3.8, 4) is 0 Å². The van der Waals surface area contributed by atoms with Crippen molar-refractivity contribution in [3.63, 3.8) is 0 Å². The Balaban J connectivity index is 1.49. The predicted octanol–water partition coefficient (Wildman–Crippen LogP) is 2.35. The van der Waals surface area contributed by atoms with Crippen molar-refractivity contribution in [1.29, 1.82) is 0 Å². The lowest BCUT2D eigenvalue weighted by molar-refractivity contribution is -0.117. The van der Waals surface area contributed by atoms with Crippen molar-refractivity contribution >= 4 is 17.6 Å². The summed E-state index contributed by atoms with van der Waals surface area (Å²) in [5, 5.41) is 6.76. The first-order valence-corrected chi connectivity index (χ1v) is 10.4. The molecule has 6 heteroatoms. The van der Waals surface area contributed by atoms with Crippen molar-refractivity contribution in [1.82, 2.24) is 15.5 Å². The second-order valence-electron chi connectivity index (χ2n) is 7.34. The van der Waals surface area contributed by atoms with E-state index in [9.17, 15) is 4.79 Å². The molecule has 0 aliphatic carbocycles. The largest absolute Gasteiger partial charge is 0.357 e. The summed E-state index contributed by atoms with van der Waals surface area (Å²) in [4.78, 5) is 20.9. The highest BCUT2D eigenvalue weighted by Crippen LogP contribution is 2.21. The van der Waals surface area contributed by atoms with E-state index in [0.717, 1.165) is 49.8 Å². The van der Waals surface area contributed by atoms with Crippen LogP contribution in [-0.4, -0.2) is 56.0 Å². The zero-order chi connectivity index (χ0) is 18.9. The molecule has 1 aromatic rings. The fraction of sp³-hybridized carbons (Fsp3) is 0.619. The maximum absolute atomic E-state index is 11.8. The van der Waals surface area contributed by atoms with Crippen LogP contribution in [0.4, 0.5) is 5.69 Å². The number of aliphatic imine (C=N–C) groups is 1. The number of guanidine groups is 1. The van der Waals surface area contributed by atoms with Gasteiger partial charge in [-0.15, -0.1) is 0 Å². The van der Waals surface area contributed by atoms with Crippen molar-refractivity contribution < 1.29 is 4.79 Å². The summed E-state index contributed by atoms with van der Waals surface area (Å²) in [6.07, 6.45) is 5.65. The van der Waals surface area contributed by atoms with Crippen LogP contribution in [0.5, 0.6) is 0 Å². The van der Waals surface area contributed by atoms with E-state index in [1.807, 2.05) is 17.0 Å². The Morgan fingerprint density at radius 1 is 1.04 bits per heavy atom. The number of benzene rings is 1. The maximum Gasteiger partial charge on any atom is 0.227 e. The van der Waals surface area contributed by atoms with Gasteiger partial charge >= 0.3 is 0 Å². The van der Waals surface area contributed by atoms with Gasteiger partial charge in [0.1, 0.15) is 0 Å². The molecular weight excluding hydrogens is 338 g/mol. The van der Waals surface area contributed by atoms with E-state index in [1.165, 1.54) is 32.4 Å². The van der Waals surface area contributed by atoms with Gasteiger partial charge in [-0.3, -0.25) is 4.79 Å². The molecule has 0 bridgehead atoms. The molecule has 6 nitrogen and oxygen atoms in total. The van der Waals surface area contributed by atoms with Gasteiger partial charge in [0.2, 0.25) is 5.91 Å². The standard InChI is InChI=1S/C21H33N5O/c1-2-22-21(23-12-16-25-13-4-3-5-14-25)24-17-18-8-10-19(11-9-18)26-15-6-7-20(26)27/h8-11H,2-7,12-17H2,1H3,(H2,22,23,24). The number of anilines is 1. The molecule has 2 aliphatic rings. The third-order valence-electron chi connectivity index (χ3n) is 5.25. The second kappa shape index (κ2) is 10.3. The van der Waals surface area contributed by atoms with Crippen LogP contribution in [0, 0.1) is 0 Å². The Hall–Kier alpha value is -2.08. The SMILES string of the molecule is CCNC(=NCc1ccc(N2CCCC2=O)cc1)NCCN1CCCCC1. The van der Waals surface area contributed by atoms with E-state index in [2.05, 4.69) is 34.6 Å². The number of nitrogens with one attached hydrogen (secondary N) is 2. The Morgan fingerprint density at radius 2 is 1.81 bits per heavy atom. The highest BCUT2D eigenvalue weighted by Gasteiger charge is 2.21. The number of amides is 1. The van der Waals surface area contributed by atoms with Gasteiger partial charge in [0.05, 0.1) is 6.54 Å². The highest BCUT2D eigenvalue weighted by atomic mass is 16.2. The number of piperidine rings is 1. The zero-order valence-corrected chi connectivity index (χ0v) is 16.5. The molecule has 0 aromatic heterocycles. The number of carbonyl (C=O) groups excluding carboxylic acids is 1. The van der Waals surface area contributed by atoms with Crippen LogP contribution in [0.1, 0.15) is 44.6 Å². The Morgan fingerprint density at radius 3 is 2.48 bits per heavy atom. The zero-order valence-electron chi connectivity index (χ0n) is 16.5. The van der Waals surface area contributed by atoms with E-state index in [4.69, 9.17) is 4.99 Å². The molecule has 2 saturated heterocycles. The molecule has 2 aliphatic heterocycles. The van der Waals surface area contributed by atoms with Gasteiger partial charge in [0.15, 0.2) is 5.96 Å². The van der Waals surface area contributed by atoms with Crippen molar-refractivity contribution in [2.75, 3.05) is 44.2 Å². The lowest BCUT2D eigenvalue weighted by Crippen LogP contribution is -2.42. The molecule has 2 heterocycles. The summed E-state index contributed by atoms with van der Waals surface area (Å²) in [7, 11) is 0. The van der Waals surface area contributed by atoms with Crippen molar-refractivity contribution in [3.05, 3.63) is 29.8 Å². The van der Waals surface area contributed by atoms with E-state index in [0.29, 0.717) is 13.0 Å². The lowest BCUT2D eigenvalue weighted by atomic mass is 10.1. The molecule has 0 atom stereocenters. The van der Waals surface area contributed by atoms with E-state index >= 15 is 0 Å². The van der Waals surface area contributed by atoms with Crippen molar-refractivity contribution in [2.45, 2.75) is 45.6 Å². The Labute approximate surface area is 163 Å². The molecule has 0 radical (unpaired) electrons. The smallest absolute Gasteiger partial charge is 0.227 e. The van der Waals surface area contributed by atoms with Crippen molar-refractivity contribution in [2.24, 2.45) is 4.99 Å². The van der Waals surface area contributed by atoms with Crippen LogP contribution in [0.3, 0.4) is 0 Å². The first-order valence-electron chi connectivity index (χ1n) is 10.4.